The average molecular weight is 312 g/mol. The van der Waals surface area contributed by atoms with E-state index in [0.717, 1.165) is 68.1 Å². The molecule has 0 fully saturated rings. The van der Waals surface area contributed by atoms with E-state index in [0.29, 0.717) is 12.4 Å². The Morgan fingerprint density at radius 3 is 3.00 bits per heavy atom. The van der Waals surface area contributed by atoms with Crippen molar-refractivity contribution in [3.05, 3.63) is 45.7 Å². The Morgan fingerprint density at radius 2 is 2.22 bits per heavy atom. The molecule has 7 nitrogen and oxygen atoms in total. The number of nitrogens with one attached hydrogen (secondary N) is 2. The molecule has 0 saturated heterocycles. The Hall–Kier alpha value is -2.28. The van der Waals surface area contributed by atoms with Crippen molar-refractivity contribution in [2.45, 2.75) is 38.8 Å². The van der Waals surface area contributed by atoms with Crippen molar-refractivity contribution < 1.29 is 0 Å². The molecule has 4 heterocycles. The van der Waals surface area contributed by atoms with Crippen LogP contribution in [-0.4, -0.2) is 43.6 Å². The minimum absolute atomic E-state index is 0.0255. The van der Waals surface area contributed by atoms with Gasteiger partial charge < -0.3 is 9.97 Å². The van der Waals surface area contributed by atoms with E-state index in [1.54, 1.807) is 6.20 Å². The molecular weight excluding hydrogens is 292 g/mol. The average Bonchev–Trinajstić information content (AvgIpc) is 3.09. The van der Waals surface area contributed by atoms with Crippen LogP contribution >= 0.6 is 0 Å². The maximum atomic E-state index is 12.5. The van der Waals surface area contributed by atoms with E-state index < -0.39 is 0 Å². The SMILES string of the molecule is O=c1[nH]c(C2=NCCCC2)nc2c1CN(Cc1ncc[nH]1)CC2. The molecule has 0 aliphatic carbocycles. The summed E-state index contributed by atoms with van der Waals surface area (Å²) in [5.74, 6) is 1.60. The van der Waals surface area contributed by atoms with Crippen LogP contribution in [0, 0.1) is 0 Å². The molecule has 4 rings (SSSR count). The molecule has 0 radical (unpaired) electrons. The van der Waals surface area contributed by atoms with Crippen LogP contribution in [0.3, 0.4) is 0 Å². The summed E-state index contributed by atoms with van der Waals surface area (Å²) in [5.41, 5.74) is 2.63. The van der Waals surface area contributed by atoms with Gasteiger partial charge in [-0.05, 0) is 19.3 Å². The molecule has 0 aromatic carbocycles. The lowest BCUT2D eigenvalue weighted by Gasteiger charge is -2.27. The molecule has 7 heteroatoms. The lowest BCUT2D eigenvalue weighted by molar-refractivity contribution is 0.236. The number of hydrogen-bond donors (Lipinski definition) is 2. The maximum Gasteiger partial charge on any atom is 0.255 e. The second-order valence-corrected chi connectivity index (χ2v) is 6.12. The highest BCUT2D eigenvalue weighted by Crippen LogP contribution is 2.17. The van der Waals surface area contributed by atoms with Crippen molar-refractivity contribution in [3.8, 4) is 0 Å². The zero-order valence-corrected chi connectivity index (χ0v) is 13.0. The van der Waals surface area contributed by atoms with E-state index >= 15 is 0 Å². The Kier molecular flexibility index (Phi) is 3.78. The fraction of sp³-hybridized carbons (Fsp3) is 0.500. The van der Waals surface area contributed by atoms with Crippen LogP contribution in [0.15, 0.2) is 22.2 Å². The highest BCUT2D eigenvalue weighted by atomic mass is 16.1. The monoisotopic (exact) mass is 312 g/mol. The summed E-state index contributed by atoms with van der Waals surface area (Å²) in [7, 11) is 0. The number of aromatic amines is 2. The van der Waals surface area contributed by atoms with Gasteiger partial charge in [-0.3, -0.25) is 14.7 Å². The number of hydrogen-bond acceptors (Lipinski definition) is 5. The van der Waals surface area contributed by atoms with Gasteiger partial charge in [-0.1, -0.05) is 0 Å². The molecule has 0 saturated carbocycles. The summed E-state index contributed by atoms with van der Waals surface area (Å²) in [6.07, 6.45) is 7.51. The fourth-order valence-corrected chi connectivity index (χ4v) is 3.24. The molecule has 0 atom stereocenters. The van der Waals surface area contributed by atoms with Gasteiger partial charge in [0.1, 0.15) is 5.82 Å². The maximum absolute atomic E-state index is 12.5. The van der Waals surface area contributed by atoms with Crippen LogP contribution in [0.25, 0.3) is 0 Å². The number of fused-ring (bicyclic) bond motifs is 1. The zero-order valence-electron chi connectivity index (χ0n) is 13.0. The highest BCUT2D eigenvalue weighted by molar-refractivity contribution is 5.97. The summed E-state index contributed by atoms with van der Waals surface area (Å²) in [4.78, 5) is 34.2. The van der Waals surface area contributed by atoms with Gasteiger partial charge in [0.25, 0.3) is 5.56 Å². The summed E-state index contributed by atoms with van der Waals surface area (Å²) < 4.78 is 0. The summed E-state index contributed by atoms with van der Waals surface area (Å²) in [5, 5.41) is 0. The van der Waals surface area contributed by atoms with Crippen LogP contribution in [0.1, 0.15) is 42.2 Å². The largest absolute Gasteiger partial charge is 0.348 e. The van der Waals surface area contributed by atoms with Crippen molar-refractivity contribution in [1.82, 2.24) is 24.8 Å². The molecular formula is C16H20N6O. The van der Waals surface area contributed by atoms with E-state index in [4.69, 9.17) is 4.98 Å². The van der Waals surface area contributed by atoms with Crippen molar-refractivity contribution in [2.75, 3.05) is 13.1 Å². The van der Waals surface area contributed by atoms with E-state index in [1.165, 1.54) is 0 Å². The minimum Gasteiger partial charge on any atom is -0.348 e. The first kappa shape index (κ1) is 14.3. The zero-order chi connectivity index (χ0) is 15.6. The van der Waals surface area contributed by atoms with Crippen molar-refractivity contribution in [3.63, 3.8) is 0 Å². The normalized spacial score (nSPS) is 18.5. The molecule has 23 heavy (non-hydrogen) atoms. The van der Waals surface area contributed by atoms with E-state index in [2.05, 4.69) is 24.8 Å². The third-order valence-electron chi connectivity index (χ3n) is 4.47. The first-order chi connectivity index (χ1) is 11.3. The standard InChI is InChI=1S/C16H20N6O/c23-16-11-9-22(10-14-18-6-7-19-14)8-4-12(11)20-15(21-16)13-3-1-2-5-17-13/h6-7H,1-5,8-10H2,(H,18,19)(H,20,21,23). The molecule has 0 amide bonds. The minimum atomic E-state index is -0.0255. The van der Waals surface area contributed by atoms with Gasteiger partial charge in [0, 0.05) is 38.4 Å². The van der Waals surface area contributed by atoms with Gasteiger partial charge >= 0.3 is 0 Å². The lowest BCUT2D eigenvalue weighted by atomic mass is 10.1. The van der Waals surface area contributed by atoms with Crippen LogP contribution in [0.4, 0.5) is 0 Å². The molecule has 2 aliphatic rings. The van der Waals surface area contributed by atoms with Crippen molar-refractivity contribution >= 4 is 5.71 Å². The number of aliphatic imine (C=N–C) groups is 1. The van der Waals surface area contributed by atoms with E-state index in [1.807, 2.05) is 6.20 Å². The summed E-state index contributed by atoms with van der Waals surface area (Å²) in [6, 6.07) is 0. The number of aromatic nitrogens is 4. The molecule has 0 spiro atoms. The van der Waals surface area contributed by atoms with Crippen LogP contribution in [-0.2, 0) is 19.5 Å². The predicted molar refractivity (Wildman–Crippen MR) is 86.5 cm³/mol. The number of H-pyrrole nitrogens is 2. The molecule has 0 bridgehead atoms. The molecule has 120 valence electrons. The fourth-order valence-electron chi connectivity index (χ4n) is 3.24. The number of rotatable bonds is 3. The van der Waals surface area contributed by atoms with Gasteiger partial charge in [0.05, 0.1) is 23.5 Å². The number of imidazole rings is 1. The first-order valence-corrected chi connectivity index (χ1v) is 8.16. The lowest BCUT2D eigenvalue weighted by Crippen LogP contribution is -2.36. The predicted octanol–water partition coefficient (Wildman–Crippen LogP) is 1.02. The smallest absolute Gasteiger partial charge is 0.255 e. The van der Waals surface area contributed by atoms with Crippen LogP contribution in [0.2, 0.25) is 0 Å². The second kappa shape index (κ2) is 6.08. The summed E-state index contributed by atoms with van der Waals surface area (Å²) >= 11 is 0. The number of nitrogens with zero attached hydrogens (tertiary/aromatic N) is 4. The molecule has 2 aliphatic heterocycles. The second-order valence-electron chi connectivity index (χ2n) is 6.12. The molecule has 2 aromatic heterocycles. The summed E-state index contributed by atoms with van der Waals surface area (Å²) in [6.45, 7) is 3.06. The van der Waals surface area contributed by atoms with Gasteiger partial charge in [-0.2, -0.15) is 0 Å². The Bertz CT molecular complexity index is 776. The third-order valence-corrected chi connectivity index (χ3v) is 4.47. The molecule has 0 unspecified atom stereocenters. The van der Waals surface area contributed by atoms with Gasteiger partial charge in [0.2, 0.25) is 0 Å². The Balaban J connectivity index is 1.58. The first-order valence-electron chi connectivity index (χ1n) is 8.16. The van der Waals surface area contributed by atoms with Crippen LogP contribution in [0.5, 0.6) is 0 Å². The Labute approximate surface area is 133 Å². The van der Waals surface area contributed by atoms with Gasteiger partial charge in [-0.25, -0.2) is 9.97 Å². The van der Waals surface area contributed by atoms with Crippen molar-refractivity contribution in [2.24, 2.45) is 4.99 Å². The van der Waals surface area contributed by atoms with Crippen molar-refractivity contribution in [1.29, 1.82) is 0 Å². The van der Waals surface area contributed by atoms with Gasteiger partial charge in [0.15, 0.2) is 5.82 Å². The topological polar surface area (TPSA) is 90.0 Å². The molecule has 2 N–H and O–H groups in total. The highest BCUT2D eigenvalue weighted by Gasteiger charge is 2.23. The Morgan fingerprint density at radius 1 is 1.26 bits per heavy atom. The van der Waals surface area contributed by atoms with E-state index in [-0.39, 0.29) is 5.56 Å². The molecule has 2 aromatic rings. The van der Waals surface area contributed by atoms with E-state index in [9.17, 15) is 4.79 Å². The van der Waals surface area contributed by atoms with Crippen LogP contribution < -0.4 is 5.56 Å². The quantitative estimate of drug-likeness (QED) is 0.885. The van der Waals surface area contributed by atoms with Gasteiger partial charge in [-0.15, -0.1) is 0 Å². The third kappa shape index (κ3) is 2.96.